The molecule has 1 aromatic heterocycles. The summed E-state index contributed by atoms with van der Waals surface area (Å²) in [5.41, 5.74) is 1.14. The fourth-order valence-electron chi connectivity index (χ4n) is 1.52. The Morgan fingerprint density at radius 2 is 2.23 bits per heavy atom. The van der Waals surface area contributed by atoms with Crippen molar-refractivity contribution in [3.05, 3.63) is 22.6 Å². The van der Waals surface area contributed by atoms with Crippen LogP contribution in [-0.4, -0.2) is 16.5 Å². The fourth-order valence-corrected chi connectivity index (χ4v) is 1.52. The van der Waals surface area contributed by atoms with Crippen LogP contribution in [0.5, 0.6) is 0 Å². The first-order chi connectivity index (χ1) is 6.29. The van der Waals surface area contributed by atoms with Gasteiger partial charge in [-0.1, -0.05) is 19.9 Å². The van der Waals surface area contributed by atoms with Crippen molar-refractivity contribution < 1.29 is 0 Å². The molecule has 2 rings (SSSR count). The Balaban J connectivity index is 2.74. The minimum absolute atomic E-state index is 0.458. The van der Waals surface area contributed by atoms with Gasteiger partial charge in [0.1, 0.15) is 6.33 Å². The Morgan fingerprint density at radius 3 is 3.00 bits per heavy atom. The number of nitrogens with zero attached hydrogens (tertiary/aromatic N) is 2. The monoisotopic (exact) mass is 175 g/mol. The van der Waals surface area contributed by atoms with Crippen LogP contribution in [0, 0.1) is 0 Å². The molecule has 0 amide bonds. The van der Waals surface area contributed by atoms with Crippen molar-refractivity contribution in [1.29, 1.82) is 0 Å². The zero-order valence-electron chi connectivity index (χ0n) is 7.91. The Kier molecular flexibility index (Phi) is 2.00. The topological polar surface area (TPSA) is 37.8 Å². The van der Waals surface area contributed by atoms with Gasteiger partial charge in [-0.05, 0) is 5.92 Å². The fraction of sp³-hybridized carbons (Fsp3) is 0.400. The van der Waals surface area contributed by atoms with Crippen molar-refractivity contribution in [1.82, 2.24) is 15.3 Å². The summed E-state index contributed by atoms with van der Waals surface area (Å²) in [6.07, 6.45) is 5.72. The molecule has 0 saturated heterocycles. The molecule has 0 aliphatic carbocycles. The maximum Gasteiger partial charge on any atom is 0.116 e. The molecule has 0 aromatic carbocycles. The summed E-state index contributed by atoms with van der Waals surface area (Å²) in [7, 11) is 0. The minimum Gasteiger partial charge on any atom is -0.386 e. The second-order valence-electron chi connectivity index (χ2n) is 3.47. The van der Waals surface area contributed by atoms with E-state index in [9.17, 15) is 0 Å². The molecule has 0 spiro atoms. The molecule has 13 heavy (non-hydrogen) atoms. The van der Waals surface area contributed by atoms with Crippen LogP contribution in [0.15, 0.2) is 6.33 Å². The largest absolute Gasteiger partial charge is 0.386 e. The van der Waals surface area contributed by atoms with Gasteiger partial charge in [-0.15, -0.1) is 0 Å². The van der Waals surface area contributed by atoms with Crippen LogP contribution >= 0.6 is 0 Å². The quantitative estimate of drug-likeness (QED) is 0.638. The van der Waals surface area contributed by atoms with Crippen molar-refractivity contribution in [2.24, 2.45) is 0 Å². The summed E-state index contributed by atoms with van der Waals surface area (Å²) >= 11 is 0. The Morgan fingerprint density at radius 1 is 1.38 bits per heavy atom. The number of fused-ring (bicyclic) bond motifs is 1. The van der Waals surface area contributed by atoms with Crippen molar-refractivity contribution in [2.45, 2.75) is 19.8 Å². The van der Waals surface area contributed by atoms with E-state index in [0.717, 1.165) is 17.6 Å². The number of nitrogens with one attached hydrogen (secondary N) is 1. The highest BCUT2D eigenvalue weighted by molar-refractivity contribution is 5.37. The molecule has 1 aliphatic rings. The zero-order chi connectivity index (χ0) is 9.26. The molecule has 0 unspecified atom stereocenters. The van der Waals surface area contributed by atoms with E-state index < -0.39 is 0 Å². The molecule has 0 fully saturated rings. The number of aromatic nitrogens is 2. The van der Waals surface area contributed by atoms with Gasteiger partial charge >= 0.3 is 0 Å². The van der Waals surface area contributed by atoms with Crippen LogP contribution in [0.25, 0.3) is 12.3 Å². The normalized spacial score (nSPS) is 14.1. The molecular formula is C10H13N3. The van der Waals surface area contributed by atoms with E-state index in [2.05, 4.69) is 35.2 Å². The van der Waals surface area contributed by atoms with Gasteiger partial charge in [-0.25, -0.2) is 9.97 Å². The van der Waals surface area contributed by atoms with Gasteiger partial charge in [0.2, 0.25) is 0 Å². The molecule has 1 aromatic rings. The van der Waals surface area contributed by atoms with Crippen LogP contribution in [0.1, 0.15) is 25.5 Å². The minimum atomic E-state index is 0.458. The summed E-state index contributed by atoms with van der Waals surface area (Å²) < 4.78 is 0. The van der Waals surface area contributed by atoms with Gasteiger partial charge in [0.25, 0.3) is 0 Å². The van der Waals surface area contributed by atoms with Crippen molar-refractivity contribution in [2.75, 3.05) is 6.54 Å². The second-order valence-corrected chi connectivity index (χ2v) is 3.47. The Hall–Kier alpha value is -1.38. The number of hydrogen-bond donors (Lipinski definition) is 1. The first-order valence-corrected chi connectivity index (χ1v) is 4.53. The lowest BCUT2D eigenvalue weighted by atomic mass is 10.1. The predicted molar refractivity (Wildman–Crippen MR) is 52.3 cm³/mol. The van der Waals surface area contributed by atoms with Gasteiger partial charge in [0.05, 0.1) is 11.0 Å². The average Bonchev–Trinajstić information content (AvgIpc) is 2.17. The Labute approximate surface area is 77.2 Å². The predicted octanol–water partition coefficient (Wildman–Crippen LogP) is -0.278. The summed E-state index contributed by atoms with van der Waals surface area (Å²) in [6, 6.07) is 0. The second kappa shape index (κ2) is 3.17. The molecule has 0 bridgehead atoms. The standard InChI is InChI=1S/C10H13N3/c1-7(2)10-8-3-4-11-5-9(8)12-6-13-10/h3,5-7,11H,4H2,1-2H3. The summed E-state index contributed by atoms with van der Waals surface area (Å²) in [6.45, 7) is 5.18. The van der Waals surface area contributed by atoms with E-state index in [1.165, 1.54) is 5.22 Å². The molecule has 0 saturated carbocycles. The molecule has 3 nitrogen and oxygen atoms in total. The van der Waals surface area contributed by atoms with Crippen molar-refractivity contribution in [3.63, 3.8) is 0 Å². The van der Waals surface area contributed by atoms with E-state index in [0.29, 0.717) is 5.92 Å². The van der Waals surface area contributed by atoms with Crippen LogP contribution < -0.4 is 15.9 Å². The zero-order valence-corrected chi connectivity index (χ0v) is 7.91. The van der Waals surface area contributed by atoms with E-state index in [1.54, 1.807) is 6.33 Å². The molecule has 3 heteroatoms. The highest BCUT2D eigenvalue weighted by Gasteiger charge is 2.05. The number of rotatable bonds is 1. The highest BCUT2D eigenvalue weighted by Crippen LogP contribution is 2.03. The summed E-state index contributed by atoms with van der Waals surface area (Å²) in [4.78, 5) is 8.50. The lowest BCUT2D eigenvalue weighted by Gasteiger charge is -2.08. The summed E-state index contributed by atoms with van der Waals surface area (Å²) in [5, 5.41) is 5.33. The van der Waals surface area contributed by atoms with Crippen molar-refractivity contribution >= 4 is 12.3 Å². The first kappa shape index (κ1) is 8.23. The molecular weight excluding hydrogens is 162 g/mol. The molecule has 1 aliphatic heterocycles. The number of hydrogen-bond acceptors (Lipinski definition) is 3. The lowest BCUT2D eigenvalue weighted by molar-refractivity contribution is 0.793. The highest BCUT2D eigenvalue weighted by atomic mass is 14.9. The average molecular weight is 175 g/mol. The molecule has 0 atom stereocenters. The summed E-state index contributed by atoms with van der Waals surface area (Å²) in [5.74, 6) is 0.458. The van der Waals surface area contributed by atoms with E-state index in [-0.39, 0.29) is 0 Å². The molecule has 68 valence electrons. The van der Waals surface area contributed by atoms with Gasteiger partial charge in [0.15, 0.2) is 0 Å². The third kappa shape index (κ3) is 1.41. The van der Waals surface area contributed by atoms with Gasteiger partial charge < -0.3 is 5.32 Å². The van der Waals surface area contributed by atoms with Crippen LogP contribution in [0.3, 0.4) is 0 Å². The van der Waals surface area contributed by atoms with Crippen LogP contribution in [0.4, 0.5) is 0 Å². The van der Waals surface area contributed by atoms with E-state index in [1.807, 2.05) is 6.20 Å². The van der Waals surface area contributed by atoms with Gasteiger partial charge in [-0.3, -0.25) is 0 Å². The molecule has 1 N–H and O–H groups in total. The maximum atomic E-state index is 4.30. The van der Waals surface area contributed by atoms with Crippen LogP contribution in [0.2, 0.25) is 0 Å². The lowest BCUT2D eigenvalue weighted by Crippen LogP contribution is -2.39. The maximum absolute atomic E-state index is 4.30. The van der Waals surface area contributed by atoms with Crippen LogP contribution in [-0.2, 0) is 0 Å². The van der Waals surface area contributed by atoms with Gasteiger partial charge in [0, 0.05) is 18.0 Å². The SMILES string of the molecule is CC(C)c1ncnc2c1=CCNC=2. The van der Waals surface area contributed by atoms with E-state index in [4.69, 9.17) is 0 Å². The molecule has 0 radical (unpaired) electrons. The first-order valence-electron chi connectivity index (χ1n) is 4.53. The van der Waals surface area contributed by atoms with Crippen molar-refractivity contribution in [3.8, 4) is 0 Å². The van der Waals surface area contributed by atoms with Gasteiger partial charge in [-0.2, -0.15) is 0 Å². The Bertz CT molecular complexity index is 420. The van der Waals surface area contributed by atoms with E-state index >= 15 is 0 Å². The smallest absolute Gasteiger partial charge is 0.116 e. The molecule has 2 heterocycles. The third-order valence-corrected chi connectivity index (χ3v) is 2.16. The third-order valence-electron chi connectivity index (χ3n) is 2.16.